The first-order valence-corrected chi connectivity index (χ1v) is 10.9. The third kappa shape index (κ3) is 5.03. The summed E-state index contributed by atoms with van der Waals surface area (Å²) >= 11 is 0. The molecular weight excluding hydrogens is 394 g/mol. The lowest BCUT2D eigenvalue weighted by molar-refractivity contribution is -0.117. The first-order valence-electron chi connectivity index (χ1n) is 10.9. The summed E-state index contributed by atoms with van der Waals surface area (Å²) in [7, 11) is 0. The van der Waals surface area contributed by atoms with Gasteiger partial charge in [-0.3, -0.25) is 14.5 Å². The van der Waals surface area contributed by atoms with Crippen molar-refractivity contribution in [2.75, 3.05) is 43.0 Å². The zero-order chi connectivity index (χ0) is 21.6. The predicted octanol–water partition coefficient (Wildman–Crippen LogP) is 1.62. The van der Waals surface area contributed by atoms with Gasteiger partial charge >= 0.3 is 0 Å². The molecule has 31 heavy (non-hydrogen) atoms. The number of carbonyl (C=O) groups excluding carboxylic acids is 2. The highest BCUT2D eigenvalue weighted by Crippen LogP contribution is 2.29. The minimum atomic E-state index is -0.217. The number of nitrogens with one attached hydrogen (secondary N) is 2. The number of piperidine rings is 1. The molecule has 3 heterocycles. The highest BCUT2D eigenvalue weighted by atomic mass is 16.3. The number of carbonyl (C=O) groups is 2. The van der Waals surface area contributed by atoms with Crippen LogP contribution in [0, 0.1) is 0 Å². The number of nitrogens with zero attached hydrogens (tertiary/aromatic N) is 3. The zero-order valence-corrected chi connectivity index (χ0v) is 17.6. The van der Waals surface area contributed by atoms with Crippen molar-refractivity contribution in [1.29, 1.82) is 0 Å². The molecule has 0 saturated carbocycles. The van der Waals surface area contributed by atoms with Gasteiger partial charge in [0, 0.05) is 25.3 Å². The molecule has 0 spiro atoms. The van der Waals surface area contributed by atoms with Gasteiger partial charge < -0.3 is 20.6 Å². The highest BCUT2D eigenvalue weighted by Gasteiger charge is 2.26. The maximum atomic E-state index is 12.7. The number of rotatable bonds is 7. The first-order chi connectivity index (χ1) is 15.2. The maximum Gasteiger partial charge on any atom is 0.252 e. The molecular formula is C23H29N5O3. The molecule has 2 aromatic rings. The van der Waals surface area contributed by atoms with Gasteiger partial charge in [-0.25, -0.2) is 4.98 Å². The van der Waals surface area contributed by atoms with Gasteiger partial charge in [-0.1, -0.05) is 36.8 Å². The van der Waals surface area contributed by atoms with Crippen molar-refractivity contribution < 1.29 is 14.7 Å². The molecule has 1 saturated heterocycles. The summed E-state index contributed by atoms with van der Waals surface area (Å²) in [6, 6.07) is 11.7. The normalized spacial score (nSPS) is 18.9. The largest absolute Gasteiger partial charge is 0.395 e. The van der Waals surface area contributed by atoms with Crippen LogP contribution in [0.5, 0.6) is 0 Å². The van der Waals surface area contributed by atoms with Crippen LogP contribution in [0.4, 0.5) is 11.5 Å². The second-order valence-corrected chi connectivity index (χ2v) is 8.03. The number of benzene rings is 1. The number of pyridine rings is 1. The van der Waals surface area contributed by atoms with Crippen LogP contribution < -0.4 is 15.5 Å². The SMILES string of the molecule is O=C(NCCN1CCCCC1CO)c1cnc2c(c1)N(Cc1ccccc1)C(=O)CN2. The number of anilines is 2. The predicted molar refractivity (Wildman–Crippen MR) is 119 cm³/mol. The number of hydrogen-bond donors (Lipinski definition) is 3. The van der Waals surface area contributed by atoms with Crippen molar-refractivity contribution in [2.45, 2.75) is 31.8 Å². The standard InChI is InChI=1S/C23H29N5O3/c29-16-19-8-4-5-10-27(19)11-9-24-23(31)18-12-20-22(25-13-18)26-14-21(30)28(20)15-17-6-2-1-3-7-17/h1-3,6-7,12-13,19,29H,4-5,8-11,14-16H2,(H,24,31)(H,25,26). The van der Waals surface area contributed by atoms with E-state index in [-0.39, 0.29) is 31.0 Å². The molecule has 2 amide bonds. The first kappa shape index (κ1) is 21.3. The molecule has 2 aliphatic rings. The number of hydrogen-bond acceptors (Lipinski definition) is 6. The Morgan fingerprint density at radius 1 is 1.26 bits per heavy atom. The second kappa shape index (κ2) is 9.89. The van der Waals surface area contributed by atoms with Crippen LogP contribution in [0.15, 0.2) is 42.6 Å². The van der Waals surface area contributed by atoms with Crippen molar-refractivity contribution in [3.8, 4) is 0 Å². The van der Waals surface area contributed by atoms with E-state index in [1.54, 1.807) is 11.0 Å². The van der Waals surface area contributed by atoms with Crippen molar-refractivity contribution in [1.82, 2.24) is 15.2 Å². The van der Waals surface area contributed by atoms with Gasteiger partial charge in [0.25, 0.3) is 5.91 Å². The van der Waals surface area contributed by atoms with Crippen molar-refractivity contribution in [3.63, 3.8) is 0 Å². The van der Waals surface area contributed by atoms with Crippen LogP contribution in [-0.4, -0.2) is 65.6 Å². The van der Waals surface area contributed by atoms with Gasteiger partial charge in [0.1, 0.15) is 0 Å². The van der Waals surface area contributed by atoms with E-state index in [2.05, 4.69) is 20.5 Å². The van der Waals surface area contributed by atoms with E-state index in [1.807, 2.05) is 30.3 Å². The Hall–Kier alpha value is -2.97. The Balaban J connectivity index is 1.42. The number of fused-ring (bicyclic) bond motifs is 1. The minimum absolute atomic E-state index is 0.0594. The molecule has 8 heteroatoms. The molecule has 1 aromatic heterocycles. The molecule has 0 aliphatic carbocycles. The van der Waals surface area contributed by atoms with E-state index < -0.39 is 0 Å². The van der Waals surface area contributed by atoms with E-state index in [9.17, 15) is 14.7 Å². The van der Waals surface area contributed by atoms with Gasteiger partial charge in [-0.05, 0) is 31.0 Å². The molecule has 3 N–H and O–H groups in total. The summed E-state index contributed by atoms with van der Waals surface area (Å²) in [5.74, 6) is 0.326. The third-order valence-electron chi connectivity index (χ3n) is 5.96. The molecule has 1 unspecified atom stereocenters. The van der Waals surface area contributed by atoms with Crippen molar-refractivity contribution in [2.24, 2.45) is 0 Å². The quantitative estimate of drug-likeness (QED) is 0.626. The zero-order valence-electron chi connectivity index (χ0n) is 17.6. The summed E-state index contributed by atoms with van der Waals surface area (Å²) in [4.78, 5) is 33.6. The number of likely N-dealkylation sites (tertiary alicyclic amines) is 1. The summed E-state index contributed by atoms with van der Waals surface area (Å²) in [6.45, 7) is 2.91. The Kier molecular flexibility index (Phi) is 6.79. The molecule has 164 valence electrons. The van der Waals surface area contributed by atoms with Gasteiger partial charge in [0.05, 0.1) is 30.9 Å². The third-order valence-corrected chi connectivity index (χ3v) is 5.96. The van der Waals surface area contributed by atoms with Crippen LogP contribution in [0.3, 0.4) is 0 Å². The molecule has 4 rings (SSSR count). The lowest BCUT2D eigenvalue weighted by Gasteiger charge is -2.34. The van der Waals surface area contributed by atoms with Gasteiger partial charge in [-0.15, -0.1) is 0 Å². The van der Waals surface area contributed by atoms with Crippen LogP contribution >= 0.6 is 0 Å². The average Bonchev–Trinajstić information content (AvgIpc) is 2.81. The Morgan fingerprint density at radius 3 is 2.90 bits per heavy atom. The monoisotopic (exact) mass is 423 g/mol. The summed E-state index contributed by atoms with van der Waals surface area (Å²) < 4.78 is 0. The molecule has 0 radical (unpaired) electrons. The van der Waals surface area contributed by atoms with Crippen molar-refractivity contribution >= 4 is 23.3 Å². The molecule has 0 bridgehead atoms. The minimum Gasteiger partial charge on any atom is -0.395 e. The fraction of sp³-hybridized carbons (Fsp3) is 0.435. The molecule has 2 aliphatic heterocycles. The second-order valence-electron chi connectivity index (χ2n) is 8.03. The van der Waals surface area contributed by atoms with E-state index in [0.717, 1.165) is 31.4 Å². The van der Waals surface area contributed by atoms with E-state index in [1.165, 1.54) is 6.20 Å². The Labute approximate surface area is 182 Å². The summed E-state index contributed by atoms with van der Waals surface area (Å²) in [5.41, 5.74) is 2.05. The van der Waals surface area contributed by atoms with Gasteiger partial charge in [0.2, 0.25) is 5.91 Å². The molecule has 8 nitrogen and oxygen atoms in total. The summed E-state index contributed by atoms with van der Waals surface area (Å²) in [5, 5.41) is 15.5. The van der Waals surface area contributed by atoms with Gasteiger partial charge in [-0.2, -0.15) is 0 Å². The van der Waals surface area contributed by atoms with E-state index in [4.69, 9.17) is 0 Å². The lowest BCUT2D eigenvalue weighted by atomic mass is 10.0. The number of aliphatic hydroxyl groups excluding tert-OH is 1. The number of amides is 2. The van der Waals surface area contributed by atoms with Gasteiger partial charge in [0.15, 0.2) is 5.82 Å². The van der Waals surface area contributed by atoms with Crippen LogP contribution in [-0.2, 0) is 11.3 Å². The van der Waals surface area contributed by atoms with E-state index in [0.29, 0.717) is 36.7 Å². The molecule has 1 fully saturated rings. The average molecular weight is 424 g/mol. The molecule has 1 aromatic carbocycles. The lowest BCUT2D eigenvalue weighted by Crippen LogP contribution is -2.45. The Bertz CT molecular complexity index is 921. The number of aromatic nitrogens is 1. The topological polar surface area (TPSA) is 97.8 Å². The number of aliphatic hydroxyl groups is 1. The highest BCUT2D eigenvalue weighted by molar-refractivity contribution is 6.04. The van der Waals surface area contributed by atoms with Crippen molar-refractivity contribution in [3.05, 3.63) is 53.7 Å². The fourth-order valence-electron chi connectivity index (χ4n) is 4.22. The summed E-state index contributed by atoms with van der Waals surface area (Å²) in [6.07, 6.45) is 4.80. The van der Waals surface area contributed by atoms with Crippen LogP contribution in [0.25, 0.3) is 0 Å². The molecule has 1 atom stereocenters. The fourth-order valence-corrected chi connectivity index (χ4v) is 4.22. The van der Waals surface area contributed by atoms with Crippen LogP contribution in [0.1, 0.15) is 35.2 Å². The van der Waals surface area contributed by atoms with Crippen LogP contribution in [0.2, 0.25) is 0 Å². The van der Waals surface area contributed by atoms with E-state index >= 15 is 0 Å². The maximum absolute atomic E-state index is 12.7. The Morgan fingerprint density at radius 2 is 2.10 bits per heavy atom. The smallest absolute Gasteiger partial charge is 0.252 e.